The number of aliphatic hydroxyl groups is 1. The first kappa shape index (κ1) is 22.5. The molecule has 4 rings (SSSR count). The van der Waals surface area contributed by atoms with Crippen molar-refractivity contribution < 1.29 is 28.9 Å². The fourth-order valence-corrected chi connectivity index (χ4v) is 3.59. The normalized spacial score (nSPS) is 19.5. The molecule has 0 bridgehead atoms. The standard InChI is InChI=1S/C27H24O6/c28-23-16-22(18-31-17-19-10-4-1-5-11-19)24(32-26(29)20-12-6-2-7-13-20)25(23)33-27(30)21-14-8-3-9-15-21/h1-16,23-25,28H,17-18H2/t23-,24?,25+/m1/s1. The first-order chi connectivity index (χ1) is 16.1. The summed E-state index contributed by atoms with van der Waals surface area (Å²) in [4.78, 5) is 25.4. The molecule has 168 valence electrons. The lowest BCUT2D eigenvalue weighted by Gasteiger charge is -2.25. The third-order valence-corrected chi connectivity index (χ3v) is 5.26. The van der Waals surface area contributed by atoms with E-state index < -0.39 is 30.3 Å². The van der Waals surface area contributed by atoms with E-state index >= 15 is 0 Å². The summed E-state index contributed by atoms with van der Waals surface area (Å²) in [5.74, 6) is -1.19. The van der Waals surface area contributed by atoms with E-state index in [0.29, 0.717) is 23.3 Å². The van der Waals surface area contributed by atoms with Crippen molar-refractivity contribution in [3.8, 4) is 0 Å². The number of hydrogen-bond donors (Lipinski definition) is 1. The van der Waals surface area contributed by atoms with Gasteiger partial charge in [0.1, 0.15) is 6.10 Å². The molecule has 6 nitrogen and oxygen atoms in total. The van der Waals surface area contributed by atoms with Crippen LogP contribution in [-0.2, 0) is 20.8 Å². The molecule has 3 atom stereocenters. The van der Waals surface area contributed by atoms with E-state index in [2.05, 4.69) is 0 Å². The fraction of sp³-hybridized carbons (Fsp3) is 0.185. The van der Waals surface area contributed by atoms with Crippen molar-refractivity contribution in [2.45, 2.75) is 24.9 Å². The SMILES string of the molecule is O=C(OC1C(COCc2ccccc2)=C[C@@H](O)[C@@H]1OC(=O)c1ccccc1)c1ccccc1. The van der Waals surface area contributed by atoms with Gasteiger partial charge in [0.05, 0.1) is 24.3 Å². The summed E-state index contributed by atoms with van der Waals surface area (Å²) >= 11 is 0. The third kappa shape index (κ3) is 5.74. The molecule has 0 radical (unpaired) electrons. The van der Waals surface area contributed by atoms with Gasteiger partial charge >= 0.3 is 11.9 Å². The summed E-state index contributed by atoms with van der Waals surface area (Å²) in [5, 5.41) is 10.6. The highest BCUT2D eigenvalue weighted by atomic mass is 16.6. The maximum Gasteiger partial charge on any atom is 0.338 e. The van der Waals surface area contributed by atoms with Crippen LogP contribution in [0.15, 0.2) is 103 Å². The molecule has 1 N–H and O–H groups in total. The molecule has 1 aliphatic carbocycles. The zero-order valence-corrected chi connectivity index (χ0v) is 17.9. The molecule has 0 aliphatic heterocycles. The number of benzene rings is 3. The zero-order chi connectivity index (χ0) is 23.0. The third-order valence-electron chi connectivity index (χ3n) is 5.26. The molecule has 0 saturated heterocycles. The quantitative estimate of drug-likeness (QED) is 0.418. The molecule has 0 spiro atoms. The van der Waals surface area contributed by atoms with Gasteiger partial charge in [-0.2, -0.15) is 0 Å². The Bertz CT molecular complexity index is 1100. The zero-order valence-electron chi connectivity index (χ0n) is 17.9. The number of rotatable bonds is 8. The molecule has 0 heterocycles. The van der Waals surface area contributed by atoms with Crippen molar-refractivity contribution in [1.29, 1.82) is 0 Å². The predicted molar refractivity (Wildman–Crippen MR) is 121 cm³/mol. The van der Waals surface area contributed by atoms with Gasteiger partial charge < -0.3 is 19.3 Å². The van der Waals surface area contributed by atoms with E-state index in [1.54, 1.807) is 60.7 Å². The summed E-state index contributed by atoms with van der Waals surface area (Å²) < 4.78 is 17.1. The van der Waals surface area contributed by atoms with Gasteiger partial charge in [-0.05, 0) is 41.5 Å². The maximum absolute atomic E-state index is 12.7. The van der Waals surface area contributed by atoms with Crippen LogP contribution in [0, 0.1) is 0 Å². The van der Waals surface area contributed by atoms with Gasteiger partial charge in [-0.3, -0.25) is 0 Å². The minimum atomic E-state index is -1.14. The van der Waals surface area contributed by atoms with Gasteiger partial charge in [0, 0.05) is 0 Å². The highest BCUT2D eigenvalue weighted by molar-refractivity contribution is 5.90. The van der Waals surface area contributed by atoms with E-state index in [9.17, 15) is 14.7 Å². The predicted octanol–water partition coefficient (Wildman–Crippen LogP) is 3.96. The first-order valence-corrected chi connectivity index (χ1v) is 10.6. The van der Waals surface area contributed by atoms with Crippen molar-refractivity contribution in [2.24, 2.45) is 0 Å². The van der Waals surface area contributed by atoms with Crippen LogP contribution < -0.4 is 0 Å². The number of aliphatic hydroxyl groups excluding tert-OH is 1. The Labute approximate surface area is 192 Å². The monoisotopic (exact) mass is 444 g/mol. The maximum atomic E-state index is 12.7. The minimum absolute atomic E-state index is 0.109. The van der Waals surface area contributed by atoms with Gasteiger partial charge in [-0.25, -0.2) is 9.59 Å². The lowest BCUT2D eigenvalue weighted by Crippen LogP contribution is -2.39. The number of hydrogen-bond acceptors (Lipinski definition) is 6. The van der Waals surface area contributed by atoms with Crippen molar-refractivity contribution in [2.75, 3.05) is 6.61 Å². The molecule has 3 aromatic rings. The highest BCUT2D eigenvalue weighted by Gasteiger charge is 2.42. The number of carbonyl (C=O) groups excluding carboxylic acids is 2. The van der Waals surface area contributed by atoms with Crippen LogP contribution >= 0.6 is 0 Å². The fourth-order valence-electron chi connectivity index (χ4n) is 3.59. The molecule has 0 aromatic heterocycles. The topological polar surface area (TPSA) is 82.1 Å². The summed E-state index contributed by atoms with van der Waals surface area (Å²) in [6.45, 7) is 0.459. The Morgan fingerprint density at radius 2 is 1.21 bits per heavy atom. The van der Waals surface area contributed by atoms with E-state index in [1.807, 2.05) is 30.3 Å². The van der Waals surface area contributed by atoms with Crippen molar-refractivity contribution in [1.82, 2.24) is 0 Å². The van der Waals surface area contributed by atoms with Gasteiger partial charge in [0.15, 0.2) is 12.2 Å². The van der Waals surface area contributed by atoms with E-state index in [4.69, 9.17) is 14.2 Å². The summed E-state index contributed by atoms with van der Waals surface area (Å²) in [5.41, 5.74) is 2.22. The minimum Gasteiger partial charge on any atom is -0.451 e. The molecule has 33 heavy (non-hydrogen) atoms. The first-order valence-electron chi connectivity index (χ1n) is 10.6. The Balaban J connectivity index is 1.49. The smallest absolute Gasteiger partial charge is 0.338 e. The lowest BCUT2D eigenvalue weighted by atomic mass is 10.1. The van der Waals surface area contributed by atoms with E-state index in [0.717, 1.165) is 5.56 Å². The van der Waals surface area contributed by atoms with Crippen LogP contribution in [0.5, 0.6) is 0 Å². The molecule has 1 aliphatic rings. The molecular formula is C27H24O6. The van der Waals surface area contributed by atoms with Crippen molar-refractivity contribution in [3.63, 3.8) is 0 Å². The Hall–Kier alpha value is -3.74. The molecule has 0 saturated carbocycles. The van der Waals surface area contributed by atoms with Crippen LogP contribution in [-0.4, -0.2) is 42.0 Å². The molecule has 0 amide bonds. The van der Waals surface area contributed by atoms with Crippen LogP contribution in [0.4, 0.5) is 0 Å². The molecule has 3 aromatic carbocycles. The average Bonchev–Trinajstić information content (AvgIpc) is 3.14. The molecular weight excluding hydrogens is 420 g/mol. The van der Waals surface area contributed by atoms with Crippen LogP contribution in [0.2, 0.25) is 0 Å². The summed E-state index contributed by atoms with van der Waals surface area (Å²) in [6.07, 6.45) is -1.67. The van der Waals surface area contributed by atoms with Crippen LogP contribution in [0.25, 0.3) is 0 Å². The second-order valence-electron chi connectivity index (χ2n) is 7.64. The number of ether oxygens (including phenoxy) is 3. The number of esters is 2. The van der Waals surface area contributed by atoms with Crippen molar-refractivity contribution >= 4 is 11.9 Å². The summed E-state index contributed by atoms with van der Waals surface area (Å²) in [6, 6.07) is 26.6. The van der Waals surface area contributed by atoms with Crippen LogP contribution in [0.3, 0.4) is 0 Å². The average molecular weight is 444 g/mol. The highest BCUT2D eigenvalue weighted by Crippen LogP contribution is 2.28. The van der Waals surface area contributed by atoms with E-state index in [-0.39, 0.29) is 6.61 Å². The largest absolute Gasteiger partial charge is 0.451 e. The molecule has 1 unspecified atom stereocenters. The Morgan fingerprint density at radius 1 is 0.697 bits per heavy atom. The second-order valence-corrected chi connectivity index (χ2v) is 7.64. The van der Waals surface area contributed by atoms with Gasteiger partial charge in [0.25, 0.3) is 0 Å². The van der Waals surface area contributed by atoms with E-state index in [1.165, 1.54) is 6.08 Å². The Morgan fingerprint density at radius 3 is 1.79 bits per heavy atom. The Kier molecular flexibility index (Phi) is 7.29. The molecule has 0 fully saturated rings. The van der Waals surface area contributed by atoms with Crippen LogP contribution in [0.1, 0.15) is 26.3 Å². The van der Waals surface area contributed by atoms with Gasteiger partial charge in [-0.1, -0.05) is 66.7 Å². The van der Waals surface area contributed by atoms with Gasteiger partial charge in [0.2, 0.25) is 0 Å². The summed E-state index contributed by atoms with van der Waals surface area (Å²) in [7, 11) is 0. The lowest BCUT2D eigenvalue weighted by molar-refractivity contribution is -0.0513. The molecule has 6 heteroatoms. The van der Waals surface area contributed by atoms with Crippen molar-refractivity contribution in [3.05, 3.63) is 119 Å². The number of carbonyl (C=O) groups is 2. The van der Waals surface area contributed by atoms with Gasteiger partial charge in [-0.15, -0.1) is 0 Å². The second kappa shape index (κ2) is 10.7.